The van der Waals surface area contributed by atoms with Gasteiger partial charge in [0.1, 0.15) is 5.82 Å². The van der Waals surface area contributed by atoms with Crippen molar-refractivity contribution in [1.82, 2.24) is 9.97 Å². The zero-order valence-corrected chi connectivity index (χ0v) is 11.0. The van der Waals surface area contributed by atoms with Crippen LogP contribution < -0.4 is 10.6 Å². The molecular formula is C10H15F3N4S. The van der Waals surface area contributed by atoms with Gasteiger partial charge in [-0.2, -0.15) is 18.2 Å². The first-order chi connectivity index (χ1) is 8.42. The van der Waals surface area contributed by atoms with Gasteiger partial charge in [0.15, 0.2) is 0 Å². The summed E-state index contributed by atoms with van der Waals surface area (Å²) < 4.78 is 35.8. The van der Waals surface area contributed by atoms with Gasteiger partial charge in [0.2, 0.25) is 5.95 Å². The standard InChI is InChI=1S/C10H15F3N4S/c1-3-14-9-16-6-7(2)8(17-9)15-4-5-18-10(11,12)13/h6H,3-5H2,1-2H3,(H2,14,15,16,17). The van der Waals surface area contributed by atoms with Crippen molar-refractivity contribution in [1.29, 1.82) is 0 Å². The molecule has 2 N–H and O–H groups in total. The van der Waals surface area contributed by atoms with Crippen LogP contribution in [0.3, 0.4) is 0 Å². The van der Waals surface area contributed by atoms with Crippen LogP contribution in [0.2, 0.25) is 0 Å². The highest BCUT2D eigenvalue weighted by atomic mass is 32.2. The second-order valence-corrected chi connectivity index (χ2v) is 4.64. The monoisotopic (exact) mass is 280 g/mol. The Kier molecular flexibility index (Phi) is 5.52. The number of hydrogen-bond acceptors (Lipinski definition) is 5. The van der Waals surface area contributed by atoms with Crippen LogP contribution in [0.5, 0.6) is 0 Å². The first-order valence-electron chi connectivity index (χ1n) is 5.44. The predicted octanol–water partition coefficient (Wildman–Crippen LogP) is 2.88. The molecule has 1 aromatic rings. The lowest BCUT2D eigenvalue weighted by atomic mass is 10.3. The van der Waals surface area contributed by atoms with Crippen molar-refractivity contribution in [3.05, 3.63) is 11.8 Å². The zero-order chi connectivity index (χ0) is 13.6. The van der Waals surface area contributed by atoms with Crippen molar-refractivity contribution in [2.75, 3.05) is 29.5 Å². The Bertz CT molecular complexity index is 384. The lowest BCUT2D eigenvalue weighted by Gasteiger charge is -2.10. The Morgan fingerprint density at radius 2 is 2.06 bits per heavy atom. The zero-order valence-electron chi connectivity index (χ0n) is 10.1. The van der Waals surface area contributed by atoms with E-state index >= 15 is 0 Å². The summed E-state index contributed by atoms with van der Waals surface area (Å²) in [7, 11) is 0. The maximum Gasteiger partial charge on any atom is 0.441 e. The Morgan fingerprint density at radius 1 is 1.33 bits per heavy atom. The van der Waals surface area contributed by atoms with Gasteiger partial charge in [0.05, 0.1) is 0 Å². The van der Waals surface area contributed by atoms with Gasteiger partial charge in [-0.1, -0.05) is 0 Å². The summed E-state index contributed by atoms with van der Waals surface area (Å²) in [5.41, 5.74) is -3.38. The molecule has 0 unspecified atom stereocenters. The third kappa shape index (κ3) is 5.44. The molecule has 0 aliphatic rings. The summed E-state index contributed by atoms with van der Waals surface area (Å²) in [5, 5.41) is 5.81. The molecule has 0 aromatic carbocycles. The maximum atomic E-state index is 11.9. The minimum Gasteiger partial charge on any atom is -0.369 e. The summed E-state index contributed by atoms with van der Waals surface area (Å²) >= 11 is -0.0484. The van der Waals surface area contributed by atoms with E-state index in [0.717, 1.165) is 5.56 Å². The number of nitrogens with zero attached hydrogens (tertiary/aromatic N) is 2. The van der Waals surface area contributed by atoms with Crippen molar-refractivity contribution in [3.63, 3.8) is 0 Å². The Balaban J connectivity index is 2.48. The van der Waals surface area contributed by atoms with Gasteiger partial charge < -0.3 is 10.6 Å². The van der Waals surface area contributed by atoms with Crippen molar-refractivity contribution in [2.24, 2.45) is 0 Å². The van der Waals surface area contributed by atoms with E-state index in [9.17, 15) is 13.2 Å². The molecule has 0 bridgehead atoms. The summed E-state index contributed by atoms with van der Waals surface area (Å²) in [6, 6.07) is 0. The number of halogens is 3. The molecule has 1 heterocycles. The third-order valence-electron chi connectivity index (χ3n) is 1.97. The normalized spacial score (nSPS) is 11.4. The summed E-state index contributed by atoms with van der Waals surface area (Å²) in [4.78, 5) is 8.22. The van der Waals surface area contributed by atoms with Crippen molar-refractivity contribution in [2.45, 2.75) is 19.4 Å². The Hall–Kier alpha value is -1.18. The van der Waals surface area contributed by atoms with Gasteiger partial charge in [-0.3, -0.25) is 0 Å². The second kappa shape index (κ2) is 6.67. The molecule has 1 aromatic heterocycles. The van der Waals surface area contributed by atoms with Crippen LogP contribution in [0.15, 0.2) is 6.20 Å². The second-order valence-electron chi connectivity index (χ2n) is 3.48. The quantitative estimate of drug-likeness (QED) is 0.785. The van der Waals surface area contributed by atoms with Gasteiger partial charge in [-0.05, 0) is 25.6 Å². The number of alkyl halides is 3. The molecule has 18 heavy (non-hydrogen) atoms. The van der Waals surface area contributed by atoms with Gasteiger partial charge >= 0.3 is 5.51 Å². The van der Waals surface area contributed by atoms with Crippen molar-refractivity contribution >= 4 is 23.5 Å². The molecule has 0 aliphatic carbocycles. The fraction of sp³-hybridized carbons (Fsp3) is 0.600. The number of hydrogen-bond donors (Lipinski definition) is 2. The average molecular weight is 280 g/mol. The van der Waals surface area contributed by atoms with Crippen LogP contribution >= 0.6 is 11.8 Å². The molecule has 0 aliphatic heterocycles. The number of aromatic nitrogens is 2. The molecule has 0 atom stereocenters. The van der Waals surface area contributed by atoms with Gasteiger partial charge in [0, 0.05) is 30.6 Å². The lowest BCUT2D eigenvalue weighted by molar-refractivity contribution is -0.0327. The van der Waals surface area contributed by atoms with E-state index in [4.69, 9.17) is 0 Å². The van der Waals surface area contributed by atoms with Gasteiger partial charge in [-0.25, -0.2) is 4.98 Å². The molecule has 0 saturated carbocycles. The molecule has 1 rings (SSSR count). The topological polar surface area (TPSA) is 49.8 Å². The lowest BCUT2D eigenvalue weighted by Crippen LogP contribution is -2.12. The molecule has 0 amide bonds. The van der Waals surface area contributed by atoms with Crippen LogP contribution in [0, 0.1) is 6.92 Å². The van der Waals surface area contributed by atoms with Crippen LogP contribution in [-0.4, -0.2) is 34.3 Å². The van der Waals surface area contributed by atoms with E-state index in [1.807, 2.05) is 6.92 Å². The van der Waals surface area contributed by atoms with E-state index < -0.39 is 5.51 Å². The van der Waals surface area contributed by atoms with E-state index in [1.165, 1.54) is 0 Å². The Labute approximate surface area is 108 Å². The van der Waals surface area contributed by atoms with Crippen molar-refractivity contribution < 1.29 is 13.2 Å². The summed E-state index contributed by atoms with van der Waals surface area (Å²) in [6.45, 7) is 4.60. The molecular weight excluding hydrogens is 265 g/mol. The molecule has 0 fully saturated rings. The molecule has 0 radical (unpaired) electrons. The number of anilines is 2. The minimum absolute atomic E-state index is 0.0484. The SMILES string of the molecule is CCNc1ncc(C)c(NCCSC(F)(F)F)n1. The van der Waals surface area contributed by atoms with Gasteiger partial charge in [-0.15, -0.1) is 0 Å². The number of thioether (sulfide) groups is 1. The largest absolute Gasteiger partial charge is 0.441 e. The smallest absolute Gasteiger partial charge is 0.369 e. The number of aryl methyl sites for hydroxylation is 1. The highest BCUT2D eigenvalue weighted by molar-refractivity contribution is 8.00. The van der Waals surface area contributed by atoms with Crippen LogP contribution in [-0.2, 0) is 0 Å². The molecule has 4 nitrogen and oxygen atoms in total. The van der Waals surface area contributed by atoms with Crippen LogP contribution in [0.25, 0.3) is 0 Å². The van der Waals surface area contributed by atoms with E-state index in [0.29, 0.717) is 18.3 Å². The summed E-state index contributed by atoms with van der Waals surface area (Å²) in [5.74, 6) is 0.974. The molecule has 0 saturated heterocycles. The van der Waals surface area contributed by atoms with E-state index in [1.54, 1.807) is 13.1 Å². The third-order valence-corrected chi connectivity index (χ3v) is 2.70. The first kappa shape index (κ1) is 14.9. The van der Waals surface area contributed by atoms with Crippen LogP contribution in [0.4, 0.5) is 24.9 Å². The Morgan fingerprint density at radius 3 is 2.67 bits per heavy atom. The highest BCUT2D eigenvalue weighted by Crippen LogP contribution is 2.29. The molecule has 0 spiro atoms. The van der Waals surface area contributed by atoms with Crippen LogP contribution in [0.1, 0.15) is 12.5 Å². The predicted molar refractivity (Wildman–Crippen MR) is 67.9 cm³/mol. The molecule has 8 heteroatoms. The van der Waals surface area contributed by atoms with E-state index in [-0.39, 0.29) is 24.1 Å². The fourth-order valence-corrected chi connectivity index (χ4v) is 1.64. The van der Waals surface area contributed by atoms with Gasteiger partial charge in [0.25, 0.3) is 0 Å². The fourth-order valence-electron chi connectivity index (χ4n) is 1.20. The maximum absolute atomic E-state index is 11.9. The number of rotatable bonds is 6. The number of nitrogens with one attached hydrogen (secondary N) is 2. The molecule has 102 valence electrons. The highest BCUT2D eigenvalue weighted by Gasteiger charge is 2.27. The minimum atomic E-state index is -4.18. The van der Waals surface area contributed by atoms with E-state index in [2.05, 4.69) is 20.6 Å². The average Bonchev–Trinajstić information content (AvgIpc) is 2.27. The van der Waals surface area contributed by atoms with Crippen molar-refractivity contribution in [3.8, 4) is 0 Å². The first-order valence-corrected chi connectivity index (χ1v) is 6.43. The summed E-state index contributed by atoms with van der Waals surface area (Å²) in [6.07, 6.45) is 1.63.